The van der Waals surface area contributed by atoms with Crippen LogP contribution in [-0.4, -0.2) is 31.8 Å². The first-order chi connectivity index (χ1) is 14.3. The van der Waals surface area contributed by atoms with Crippen molar-refractivity contribution in [3.63, 3.8) is 0 Å². The van der Waals surface area contributed by atoms with Gasteiger partial charge in [-0.2, -0.15) is 13.2 Å². The minimum atomic E-state index is -4.59. The van der Waals surface area contributed by atoms with Crippen molar-refractivity contribution in [1.82, 2.24) is 24.7 Å². The third kappa shape index (κ3) is 3.72. The maximum Gasteiger partial charge on any atom is 0.417 e. The summed E-state index contributed by atoms with van der Waals surface area (Å²) in [7, 11) is 0. The summed E-state index contributed by atoms with van der Waals surface area (Å²) in [6.07, 6.45) is -2.94. The topological polar surface area (TPSA) is 75.1 Å². The average molecular weight is 436 g/mol. The first-order valence-electron chi connectivity index (χ1n) is 9.27. The van der Waals surface area contributed by atoms with Gasteiger partial charge in [-0.3, -0.25) is 9.20 Å². The number of H-pyrrole nitrogens is 1. The van der Waals surface area contributed by atoms with Crippen molar-refractivity contribution in [2.75, 3.05) is 6.54 Å². The quantitative estimate of drug-likeness (QED) is 0.487. The highest BCUT2D eigenvalue weighted by Gasteiger charge is 2.33. The number of halogens is 4. The maximum absolute atomic E-state index is 13.2. The molecule has 30 heavy (non-hydrogen) atoms. The number of aromatic nitrogens is 4. The number of para-hydroxylation sites is 2. The Hall–Kier alpha value is -3.07. The molecule has 1 amide bonds. The van der Waals surface area contributed by atoms with Crippen molar-refractivity contribution in [2.24, 2.45) is 0 Å². The van der Waals surface area contributed by atoms with Crippen molar-refractivity contribution in [3.05, 3.63) is 64.3 Å². The molecule has 0 atom stereocenters. The number of alkyl halides is 3. The summed E-state index contributed by atoms with van der Waals surface area (Å²) >= 11 is 6.01. The Bertz CT molecular complexity index is 1210. The van der Waals surface area contributed by atoms with Crippen molar-refractivity contribution < 1.29 is 18.0 Å². The second kappa shape index (κ2) is 7.64. The molecule has 0 fully saturated rings. The lowest BCUT2D eigenvalue weighted by atomic mass is 10.2. The monoisotopic (exact) mass is 435 g/mol. The Morgan fingerprint density at radius 3 is 2.73 bits per heavy atom. The highest BCUT2D eigenvalue weighted by Crippen LogP contribution is 2.33. The van der Waals surface area contributed by atoms with E-state index in [0.29, 0.717) is 24.4 Å². The lowest BCUT2D eigenvalue weighted by molar-refractivity contribution is -0.137. The predicted molar refractivity (Wildman–Crippen MR) is 107 cm³/mol. The number of fused-ring (bicyclic) bond motifs is 2. The van der Waals surface area contributed by atoms with Crippen LogP contribution in [0.2, 0.25) is 5.02 Å². The van der Waals surface area contributed by atoms with Crippen LogP contribution < -0.4 is 5.32 Å². The van der Waals surface area contributed by atoms with Gasteiger partial charge >= 0.3 is 6.18 Å². The van der Waals surface area contributed by atoms with E-state index in [2.05, 4.69) is 20.3 Å². The zero-order valence-corrected chi connectivity index (χ0v) is 16.6. The van der Waals surface area contributed by atoms with Gasteiger partial charge in [0.25, 0.3) is 5.91 Å². The number of imidazole rings is 2. The van der Waals surface area contributed by atoms with Gasteiger partial charge in [0.1, 0.15) is 11.5 Å². The summed E-state index contributed by atoms with van der Waals surface area (Å²) in [6, 6.07) is 8.36. The van der Waals surface area contributed by atoms with Gasteiger partial charge in [0.15, 0.2) is 5.65 Å². The number of amides is 1. The molecule has 0 spiro atoms. The number of aryl methyl sites for hydroxylation is 1. The third-order valence-corrected chi connectivity index (χ3v) is 4.99. The van der Waals surface area contributed by atoms with Gasteiger partial charge < -0.3 is 10.3 Å². The van der Waals surface area contributed by atoms with Gasteiger partial charge in [-0.1, -0.05) is 30.7 Å². The van der Waals surface area contributed by atoms with Crippen LogP contribution in [0.15, 0.2) is 36.5 Å². The Labute approximate surface area is 174 Å². The molecule has 3 aromatic heterocycles. The molecule has 1 aromatic carbocycles. The first kappa shape index (κ1) is 20.2. The molecule has 4 aromatic rings. The number of nitrogens with one attached hydrogen (secondary N) is 2. The van der Waals surface area contributed by atoms with Crippen LogP contribution >= 0.6 is 11.6 Å². The number of carbonyl (C=O) groups excluding carboxylic acids is 1. The largest absolute Gasteiger partial charge is 0.417 e. The fourth-order valence-electron chi connectivity index (χ4n) is 3.30. The molecule has 2 N–H and O–H groups in total. The van der Waals surface area contributed by atoms with E-state index >= 15 is 0 Å². The van der Waals surface area contributed by atoms with Gasteiger partial charge in [-0.25, -0.2) is 9.97 Å². The Morgan fingerprint density at radius 1 is 1.27 bits per heavy atom. The van der Waals surface area contributed by atoms with Crippen molar-refractivity contribution >= 4 is 34.2 Å². The van der Waals surface area contributed by atoms with Crippen LogP contribution in [0, 0.1) is 0 Å². The summed E-state index contributed by atoms with van der Waals surface area (Å²) in [5, 5.41) is 2.57. The average Bonchev–Trinajstić information content (AvgIpc) is 3.28. The molecule has 0 saturated heterocycles. The van der Waals surface area contributed by atoms with Crippen LogP contribution in [-0.2, 0) is 19.0 Å². The van der Waals surface area contributed by atoms with Crippen molar-refractivity contribution in [1.29, 1.82) is 0 Å². The Balaban J connectivity index is 1.59. The van der Waals surface area contributed by atoms with Gasteiger partial charge in [0.05, 0.1) is 27.3 Å². The fraction of sp³-hybridized carbons (Fsp3) is 0.250. The molecule has 0 unspecified atom stereocenters. The number of carbonyl (C=O) groups is 1. The van der Waals surface area contributed by atoms with E-state index in [0.717, 1.165) is 27.7 Å². The van der Waals surface area contributed by atoms with Gasteiger partial charge in [0.2, 0.25) is 0 Å². The number of aromatic amines is 1. The second-order valence-electron chi connectivity index (χ2n) is 6.74. The highest BCUT2D eigenvalue weighted by molar-refractivity contribution is 6.33. The van der Waals surface area contributed by atoms with Crippen LogP contribution in [0.25, 0.3) is 16.7 Å². The second-order valence-corrected chi connectivity index (χ2v) is 7.14. The number of hydrogen-bond donors (Lipinski definition) is 2. The van der Waals surface area contributed by atoms with Crippen molar-refractivity contribution in [2.45, 2.75) is 25.9 Å². The van der Waals surface area contributed by atoms with Crippen LogP contribution in [0.4, 0.5) is 13.2 Å². The number of pyridine rings is 1. The van der Waals surface area contributed by atoms with Gasteiger partial charge in [-0.15, -0.1) is 0 Å². The normalized spacial score (nSPS) is 12.0. The SMILES string of the molecule is CCc1nc2c(Cl)cc(C(F)(F)F)cn2c1C(=O)NCCc1nc2ccccc2[nH]1. The molecule has 0 aliphatic rings. The van der Waals surface area contributed by atoms with E-state index in [4.69, 9.17) is 11.6 Å². The van der Waals surface area contributed by atoms with Gasteiger partial charge in [0, 0.05) is 19.2 Å². The molecule has 10 heteroatoms. The summed E-state index contributed by atoms with van der Waals surface area (Å²) in [4.78, 5) is 24.7. The van der Waals surface area contributed by atoms with Crippen LogP contribution in [0.5, 0.6) is 0 Å². The summed E-state index contributed by atoms with van der Waals surface area (Å²) in [5.41, 5.74) is 1.30. The zero-order valence-electron chi connectivity index (χ0n) is 15.8. The lowest BCUT2D eigenvalue weighted by Gasteiger charge is -2.10. The molecule has 0 radical (unpaired) electrons. The zero-order chi connectivity index (χ0) is 21.5. The predicted octanol–water partition coefficient (Wildman–Crippen LogP) is 4.42. The van der Waals surface area contributed by atoms with Crippen LogP contribution in [0.1, 0.15) is 34.5 Å². The summed E-state index contributed by atoms with van der Waals surface area (Å²) in [5.74, 6) is 0.179. The summed E-state index contributed by atoms with van der Waals surface area (Å²) in [6.45, 7) is 2.02. The van der Waals surface area contributed by atoms with E-state index in [9.17, 15) is 18.0 Å². The molecule has 3 heterocycles. The Kier molecular flexibility index (Phi) is 5.15. The van der Waals surface area contributed by atoms with E-state index < -0.39 is 17.6 Å². The number of benzene rings is 1. The standard InChI is InChI=1S/C20H17ClF3N5O/c1-2-13-17(29-10-11(20(22,23)24)9-12(21)18(29)28-13)19(30)25-8-7-16-26-14-5-3-4-6-15(14)27-16/h3-6,9-10H,2,7-8H2,1H3,(H,25,30)(H,26,27). The molecule has 156 valence electrons. The minimum absolute atomic E-state index is 0.0464. The Morgan fingerprint density at radius 2 is 2.03 bits per heavy atom. The number of rotatable bonds is 5. The molecule has 0 aliphatic carbocycles. The minimum Gasteiger partial charge on any atom is -0.350 e. The van der Waals surface area contributed by atoms with E-state index in [1.54, 1.807) is 6.92 Å². The first-order valence-corrected chi connectivity index (χ1v) is 9.65. The fourth-order valence-corrected chi connectivity index (χ4v) is 3.55. The molecule has 0 saturated carbocycles. The molecule has 0 bridgehead atoms. The molecular weight excluding hydrogens is 419 g/mol. The highest BCUT2D eigenvalue weighted by atomic mass is 35.5. The smallest absolute Gasteiger partial charge is 0.350 e. The lowest BCUT2D eigenvalue weighted by Crippen LogP contribution is -2.28. The molecule has 6 nitrogen and oxygen atoms in total. The van der Waals surface area contributed by atoms with E-state index in [-0.39, 0.29) is 22.9 Å². The van der Waals surface area contributed by atoms with E-state index in [1.165, 1.54) is 0 Å². The van der Waals surface area contributed by atoms with Crippen LogP contribution in [0.3, 0.4) is 0 Å². The summed E-state index contributed by atoms with van der Waals surface area (Å²) < 4.78 is 40.7. The third-order valence-electron chi connectivity index (χ3n) is 4.71. The van der Waals surface area contributed by atoms with Gasteiger partial charge in [-0.05, 0) is 24.6 Å². The van der Waals surface area contributed by atoms with E-state index in [1.807, 2.05) is 24.3 Å². The molecular formula is C20H17ClF3N5O. The maximum atomic E-state index is 13.2. The van der Waals surface area contributed by atoms with Crippen molar-refractivity contribution in [3.8, 4) is 0 Å². The molecule has 0 aliphatic heterocycles. The molecule has 4 rings (SSSR count). The number of hydrogen-bond acceptors (Lipinski definition) is 3. The number of nitrogens with zero attached hydrogens (tertiary/aromatic N) is 3.